The topological polar surface area (TPSA) is 105 Å². The molecule has 3 heterocycles. The van der Waals surface area contributed by atoms with Gasteiger partial charge in [0.05, 0.1) is 24.5 Å². The van der Waals surface area contributed by atoms with Crippen LogP contribution in [0.4, 0.5) is 0 Å². The van der Waals surface area contributed by atoms with Gasteiger partial charge in [0.1, 0.15) is 11.6 Å². The number of halogens is 1. The van der Waals surface area contributed by atoms with Crippen molar-refractivity contribution in [3.8, 4) is 0 Å². The lowest BCUT2D eigenvalue weighted by atomic mass is 9.70. The molecule has 0 aromatic carbocycles. The average Bonchev–Trinajstić information content (AvgIpc) is 3.29. The summed E-state index contributed by atoms with van der Waals surface area (Å²) in [5, 5.41) is 12.3. The maximum atomic E-state index is 13.9. The van der Waals surface area contributed by atoms with E-state index in [0.29, 0.717) is 19.4 Å². The minimum Gasteiger partial charge on any atom is -0.466 e. The normalized spacial score (nSPS) is 32.2. The van der Waals surface area contributed by atoms with E-state index in [0.717, 1.165) is 25.7 Å². The highest BCUT2D eigenvalue weighted by Crippen LogP contribution is 2.60. The summed E-state index contributed by atoms with van der Waals surface area (Å²) in [5.41, 5.74) is -1.53. The maximum absolute atomic E-state index is 13.9. The molecule has 3 aliphatic heterocycles. The predicted molar refractivity (Wildman–Crippen MR) is 136 cm³/mol. The van der Waals surface area contributed by atoms with E-state index < -0.39 is 41.1 Å². The third-order valence-electron chi connectivity index (χ3n) is 7.34. The first-order valence-electron chi connectivity index (χ1n) is 13.0. The number of rotatable bonds is 11. The molecule has 6 atom stereocenters. The molecular formula is C26H43BrN2O6. The van der Waals surface area contributed by atoms with Crippen LogP contribution in [0.1, 0.15) is 80.1 Å². The van der Waals surface area contributed by atoms with Gasteiger partial charge in [0.2, 0.25) is 11.8 Å². The number of unbranched alkanes of at least 4 members (excludes halogenated alkanes) is 3. The van der Waals surface area contributed by atoms with Gasteiger partial charge in [-0.25, -0.2) is 0 Å². The van der Waals surface area contributed by atoms with E-state index in [9.17, 15) is 14.4 Å². The first kappa shape index (κ1) is 28.4. The van der Waals surface area contributed by atoms with Gasteiger partial charge in [-0.3, -0.25) is 14.4 Å². The molecule has 0 aromatic heterocycles. The highest BCUT2D eigenvalue weighted by molar-refractivity contribution is 9.09. The molecule has 0 radical (unpaired) electrons. The molecule has 2 N–H and O–H groups in total. The van der Waals surface area contributed by atoms with Crippen molar-refractivity contribution >= 4 is 33.7 Å². The molecule has 8 nitrogen and oxygen atoms in total. The number of amides is 2. The molecule has 1 spiro atoms. The number of aliphatic hydroxyl groups excluding tert-OH is 1. The van der Waals surface area contributed by atoms with E-state index in [1.807, 2.05) is 13.8 Å². The second-order valence-corrected chi connectivity index (χ2v) is 13.4. The zero-order valence-corrected chi connectivity index (χ0v) is 23.7. The van der Waals surface area contributed by atoms with Crippen molar-refractivity contribution in [3.05, 3.63) is 0 Å². The molecular weight excluding hydrogens is 516 g/mol. The van der Waals surface area contributed by atoms with E-state index in [-0.39, 0.29) is 35.3 Å². The average molecular weight is 560 g/mol. The molecule has 3 unspecified atom stereocenters. The second-order valence-electron chi connectivity index (χ2n) is 12.2. The highest BCUT2D eigenvalue weighted by Gasteiger charge is 2.76. The number of carbonyl (C=O) groups is 3. The zero-order chi connectivity index (χ0) is 26.2. The molecule has 3 saturated heterocycles. The van der Waals surface area contributed by atoms with Crippen LogP contribution in [0.2, 0.25) is 0 Å². The fraction of sp³-hybridized carbons (Fsp3) is 0.885. The summed E-state index contributed by atoms with van der Waals surface area (Å²) in [6, 6.07) is -0.804. The van der Waals surface area contributed by atoms with Gasteiger partial charge in [-0.05, 0) is 51.9 Å². The van der Waals surface area contributed by atoms with E-state index in [1.165, 1.54) is 0 Å². The van der Waals surface area contributed by atoms with Crippen LogP contribution in [-0.4, -0.2) is 75.7 Å². The Balaban J connectivity index is 1.92. The van der Waals surface area contributed by atoms with E-state index in [4.69, 9.17) is 14.6 Å². The lowest BCUT2D eigenvalue weighted by molar-refractivity contribution is -0.154. The van der Waals surface area contributed by atoms with Crippen LogP contribution in [0.25, 0.3) is 0 Å². The lowest BCUT2D eigenvalue weighted by Gasteiger charge is -2.38. The van der Waals surface area contributed by atoms with Crippen LogP contribution in [0, 0.1) is 17.3 Å². The molecule has 2 bridgehead atoms. The fourth-order valence-electron chi connectivity index (χ4n) is 6.70. The van der Waals surface area contributed by atoms with Crippen LogP contribution in [0.15, 0.2) is 0 Å². The van der Waals surface area contributed by atoms with Gasteiger partial charge < -0.3 is 24.8 Å². The summed E-state index contributed by atoms with van der Waals surface area (Å²) < 4.78 is 11.8. The SMILES string of the molecule is CCOC(=O)[C@H]1[C@@H]2OC3(CC2Br)C(C(=O)NC(C)(C)CC(C)(C)C)N(CCCCCCO)C(=O)[C@H]13. The molecule has 0 aromatic rings. The van der Waals surface area contributed by atoms with Crippen LogP contribution in [-0.2, 0) is 23.9 Å². The third-order valence-corrected chi connectivity index (χ3v) is 8.18. The van der Waals surface area contributed by atoms with Crippen LogP contribution in [0.5, 0.6) is 0 Å². The molecule has 9 heteroatoms. The number of hydrogen-bond acceptors (Lipinski definition) is 6. The van der Waals surface area contributed by atoms with Crippen molar-refractivity contribution in [3.63, 3.8) is 0 Å². The fourth-order valence-corrected chi connectivity index (χ4v) is 7.64. The summed E-state index contributed by atoms with van der Waals surface area (Å²) in [7, 11) is 0. The molecule has 200 valence electrons. The van der Waals surface area contributed by atoms with E-state index in [1.54, 1.807) is 11.8 Å². The largest absolute Gasteiger partial charge is 0.466 e. The van der Waals surface area contributed by atoms with E-state index in [2.05, 4.69) is 42.0 Å². The summed E-state index contributed by atoms with van der Waals surface area (Å²) in [4.78, 5) is 42.2. The Bertz CT molecular complexity index is 812. The van der Waals surface area contributed by atoms with Gasteiger partial charge in [-0.1, -0.05) is 49.5 Å². The third kappa shape index (κ3) is 5.72. The highest BCUT2D eigenvalue weighted by atomic mass is 79.9. The van der Waals surface area contributed by atoms with Crippen molar-refractivity contribution < 1.29 is 29.0 Å². The molecule has 3 fully saturated rings. The molecule has 2 amide bonds. The number of nitrogens with one attached hydrogen (secondary N) is 1. The standard InChI is InChI=1S/C26H43BrN2O6/c1-7-34-23(33)17-18-22(32)29(12-10-8-9-11-13-30)20(26(18)14-16(27)19(17)35-26)21(31)28-25(5,6)15-24(2,3)4/h16-20,30H,7-15H2,1-6H3,(H,28,31)/t16?,17-,18+,19-,20?,26?/m1/s1. The van der Waals surface area contributed by atoms with Crippen LogP contribution in [0.3, 0.4) is 0 Å². The monoisotopic (exact) mass is 558 g/mol. The first-order valence-corrected chi connectivity index (χ1v) is 13.9. The van der Waals surface area contributed by atoms with Crippen molar-refractivity contribution in [2.75, 3.05) is 19.8 Å². The van der Waals surface area contributed by atoms with Crippen LogP contribution < -0.4 is 5.32 Å². The number of nitrogens with zero attached hydrogens (tertiary/aromatic N) is 1. The number of carbonyl (C=O) groups excluding carboxylic acids is 3. The number of hydrogen-bond donors (Lipinski definition) is 2. The van der Waals surface area contributed by atoms with Gasteiger partial charge >= 0.3 is 5.97 Å². The minimum atomic E-state index is -1.06. The Morgan fingerprint density at radius 3 is 2.46 bits per heavy atom. The Morgan fingerprint density at radius 1 is 1.20 bits per heavy atom. The predicted octanol–water partition coefficient (Wildman–Crippen LogP) is 3.18. The lowest BCUT2D eigenvalue weighted by Crippen LogP contribution is -2.59. The molecule has 3 rings (SSSR count). The summed E-state index contributed by atoms with van der Waals surface area (Å²) in [6.45, 7) is 12.9. The van der Waals surface area contributed by atoms with Crippen molar-refractivity contribution in [2.24, 2.45) is 17.3 Å². The summed E-state index contributed by atoms with van der Waals surface area (Å²) in [6.07, 6.45) is 3.89. The van der Waals surface area contributed by atoms with Gasteiger partial charge in [0.25, 0.3) is 0 Å². The van der Waals surface area contributed by atoms with Gasteiger partial charge in [-0.15, -0.1) is 0 Å². The number of alkyl halides is 1. The maximum Gasteiger partial charge on any atom is 0.312 e. The Morgan fingerprint density at radius 2 is 1.86 bits per heavy atom. The zero-order valence-electron chi connectivity index (χ0n) is 22.1. The van der Waals surface area contributed by atoms with Gasteiger partial charge in [0.15, 0.2) is 0 Å². The molecule has 35 heavy (non-hydrogen) atoms. The number of ether oxygens (including phenoxy) is 2. The second kappa shape index (κ2) is 10.7. The molecule has 0 saturated carbocycles. The summed E-state index contributed by atoms with van der Waals surface area (Å²) in [5.74, 6) is -2.30. The Hall–Kier alpha value is -1.19. The molecule has 0 aliphatic carbocycles. The Labute approximate surface area is 218 Å². The number of aliphatic hydroxyl groups is 1. The smallest absolute Gasteiger partial charge is 0.312 e. The first-order chi connectivity index (χ1) is 16.3. The number of fused-ring (bicyclic) bond motifs is 1. The van der Waals surface area contributed by atoms with Gasteiger partial charge in [0, 0.05) is 23.5 Å². The number of esters is 1. The van der Waals surface area contributed by atoms with Crippen molar-refractivity contribution in [1.29, 1.82) is 0 Å². The van der Waals surface area contributed by atoms with Crippen molar-refractivity contribution in [2.45, 2.75) is 108 Å². The quantitative estimate of drug-likeness (QED) is 0.229. The van der Waals surface area contributed by atoms with Crippen molar-refractivity contribution in [1.82, 2.24) is 10.2 Å². The molecule has 3 aliphatic rings. The van der Waals surface area contributed by atoms with E-state index >= 15 is 0 Å². The van der Waals surface area contributed by atoms with Crippen LogP contribution >= 0.6 is 15.9 Å². The number of likely N-dealkylation sites (tertiary alicyclic amines) is 1. The minimum absolute atomic E-state index is 0.00770. The van der Waals surface area contributed by atoms with Gasteiger partial charge in [-0.2, -0.15) is 0 Å². The summed E-state index contributed by atoms with van der Waals surface area (Å²) >= 11 is 3.67. The Kier molecular flexibility index (Phi) is 8.64.